The van der Waals surface area contributed by atoms with Crippen molar-refractivity contribution in [1.29, 1.82) is 0 Å². The summed E-state index contributed by atoms with van der Waals surface area (Å²) in [6, 6.07) is 10.8. The Balaban J connectivity index is 2.51. The van der Waals surface area contributed by atoms with Crippen LogP contribution in [0.4, 0.5) is 0 Å². The van der Waals surface area contributed by atoms with E-state index in [1.165, 1.54) is 7.11 Å². The standard InChI is InChI=1S/C15H11NO3/c1-19-15(18)14-11-6-5-10(9-17)8-13(11)16-7-3-2-4-12(14)16/h2-9H,1H3. The quantitative estimate of drug-likeness (QED) is 0.521. The number of rotatable bonds is 2. The van der Waals surface area contributed by atoms with Gasteiger partial charge >= 0.3 is 5.97 Å². The molecule has 4 heteroatoms. The van der Waals surface area contributed by atoms with Crippen LogP contribution < -0.4 is 0 Å². The van der Waals surface area contributed by atoms with E-state index in [1.807, 2.05) is 28.8 Å². The minimum Gasteiger partial charge on any atom is -0.465 e. The molecule has 0 aliphatic heterocycles. The third-order valence-electron chi connectivity index (χ3n) is 3.19. The van der Waals surface area contributed by atoms with Gasteiger partial charge in [-0.1, -0.05) is 18.2 Å². The van der Waals surface area contributed by atoms with Crippen molar-refractivity contribution in [2.75, 3.05) is 7.11 Å². The molecule has 0 amide bonds. The molecule has 0 atom stereocenters. The Morgan fingerprint density at radius 3 is 2.79 bits per heavy atom. The molecule has 0 saturated carbocycles. The highest BCUT2D eigenvalue weighted by Gasteiger charge is 2.18. The number of ether oxygens (including phenoxy) is 1. The van der Waals surface area contributed by atoms with Gasteiger partial charge in [0.25, 0.3) is 0 Å². The number of methoxy groups -OCH3 is 1. The monoisotopic (exact) mass is 253 g/mol. The molecule has 2 aromatic heterocycles. The Morgan fingerprint density at radius 1 is 1.21 bits per heavy atom. The van der Waals surface area contributed by atoms with Crippen LogP contribution in [-0.2, 0) is 4.74 Å². The van der Waals surface area contributed by atoms with E-state index in [9.17, 15) is 9.59 Å². The summed E-state index contributed by atoms with van der Waals surface area (Å²) in [7, 11) is 1.36. The topological polar surface area (TPSA) is 47.8 Å². The van der Waals surface area contributed by atoms with E-state index in [1.54, 1.807) is 18.2 Å². The third kappa shape index (κ3) is 1.61. The second-order valence-electron chi connectivity index (χ2n) is 4.22. The predicted octanol–water partition coefficient (Wildman–Crippen LogP) is 2.69. The fourth-order valence-electron chi connectivity index (χ4n) is 2.34. The van der Waals surface area contributed by atoms with Gasteiger partial charge in [0, 0.05) is 17.1 Å². The van der Waals surface area contributed by atoms with Crippen molar-refractivity contribution in [2.24, 2.45) is 0 Å². The lowest BCUT2D eigenvalue weighted by Gasteiger charge is -1.98. The second-order valence-corrected chi connectivity index (χ2v) is 4.22. The summed E-state index contributed by atoms with van der Waals surface area (Å²) in [5, 5.41) is 0.781. The molecule has 3 rings (SSSR count). The second kappa shape index (κ2) is 4.24. The largest absolute Gasteiger partial charge is 0.465 e. The summed E-state index contributed by atoms with van der Waals surface area (Å²) in [6.07, 6.45) is 2.65. The first-order valence-corrected chi connectivity index (χ1v) is 5.82. The van der Waals surface area contributed by atoms with Crippen LogP contribution in [0.1, 0.15) is 20.7 Å². The molecule has 1 aromatic carbocycles. The summed E-state index contributed by atoms with van der Waals surface area (Å²) in [5.74, 6) is -0.377. The molecular weight excluding hydrogens is 242 g/mol. The van der Waals surface area contributed by atoms with Crippen LogP contribution in [0.5, 0.6) is 0 Å². The maximum absolute atomic E-state index is 12.0. The van der Waals surface area contributed by atoms with E-state index in [-0.39, 0.29) is 5.97 Å². The van der Waals surface area contributed by atoms with Crippen LogP contribution in [-0.4, -0.2) is 23.8 Å². The summed E-state index contributed by atoms with van der Waals surface area (Å²) < 4.78 is 6.73. The Bertz CT molecular complexity index is 802. The number of esters is 1. The van der Waals surface area contributed by atoms with Crippen LogP contribution >= 0.6 is 0 Å². The van der Waals surface area contributed by atoms with Crippen molar-refractivity contribution in [1.82, 2.24) is 4.40 Å². The third-order valence-corrected chi connectivity index (χ3v) is 3.19. The van der Waals surface area contributed by atoms with E-state index in [0.717, 1.165) is 22.7 Å². The first-order valence-electron chi connectivity index (χ1n) is 5.82. The molecule has 0 radical (unpaired) electrons. The van der Waals surface area contributed by atoms with E-state index < -0.39 is 0 Å². The van der Waals surface area contributed by atoms with Gasteiger partial charge in [0.05, 0.1) is 23.7 Å². The number of pyridine rings is 1. The van der Waals surface area contributed by atoms with Crippen molar-refractivity contribution in [2.45, 2.75) is 0 Å². The molecule has 0 aliphatic rings. The lowest BCUT2D eigenvalue weighted by atomic mass is 10.1. The van der Waals surface area contributed by atoms with E-state index in [4.69, 9.17) is 4.74 Å². The minimum atomic E-state index is -0.377. The number of nitrogens with zero attached hydrogens (tertiary/aromatic N) is 1. The highest BCUT2D eigenvalue weighted by molar-refractivity contribution is 6.12. The lowest BCUT2D eigenvalue weighted by molar-refractivity contribution is 0.0605. The number of fused-ring (bicyclic) bond motifs is 3. The normalized spacial score (nSPS) is 10.8. The Hall–Kier alpha value is -2.62. The first-order chi connectivity index (χ1) is 9.26. The van der Waals surface area contributed by atoms with Gasteiger partial charge in [-0.25, -0.2) is 4.79 Å². The highest BCUT2D eigenvalue weighted by atomic mass is 16.5. The fraction of sp³-hybridized carbons (Fsp3) is 0.0667. The number of carbonyl (C=O) groups is 2. The van der Waals surface area contributed by atoms with Crippen LogP contribution in [0.3, 0.4) is 0 Å². The van der Waals surface area contributed by atoms with Crippen LogP contribution in [0.2, 0.25) is 0 Å². The zero-order chi connectivity index (χ0) is 13.4. The van der Waals surface area contributed by atoms with Gasteiger partial charge in [-0.3, -0.25) is 4.79 Å². The van der Waals surface area contributed by atoms with Crippen molar-refractivity contribution in [3.8, 4) is 0 Å². The van der Waals surface area contributed by atoms with Gasteiger partial charge in [-0.15, -0.1) is 0 Å². The van der Waals surface area contributed by atoms with Crippen molar-refractivity contribution in [3.63, 3.8) is 0 Å². The molecule has 3 aromatic rings. The molecule has 0 fully saturated rings. The van der Waals surface area contributed by atoms with Crippen molar-refractivity contribution < 1.29 is 14.3 Å². The molecule has 0 saturated heterocycles. The van der Waals surface area contributed by atoms with Crippen LogP contribution in [0, 0.1) is 0 Å². The zero-order valence-electron chi connectivity index (χ0n) is 10.3. The Kier molecular flexibility index (Phi) is 2.56. The van der Waals surface area contributed by atoms with Gasteiger partial charge in [-0.05, 0) is 18.2 Å². The Morgan fingerprint density at radius 2 is 2.05 bits per heavy atom. The van der Waals surface area contributed by atoms with Gasteiger partial charge in [0.1, 0.15) is 6.29 Å². The molecule has 2 heterocycles. The van der Waals surface area contributed by atoms with E-state index >= 15 is 0 Å². The molecular formula is C15H11NO3. The van der Waals surface area contributed by atoms with Crippen molar-refractivity contribution >= 4 is 28.7 Å². The van der Waals surface area contributed by atoms with Gasteiger partial charge < -0.3 is 9.14 Å². The summed E-state index contributed by atoms with van der Waals surface area (Å²) in [6.45, 7) is 0. The number of aromatic nitrogens is 1. The minimum absolute atomic E-state index is 0.377. The molecule has 0 unspecified atom stereocenters. The van der Waals surface area contributed by atoms with Gasteiger partial charge in [0.2, 0.25) is 0 Å². The molecule has 19 heavy (non-hydrogen) atoms. The Labute approximate surface area is 109 Å². The number of hydrogen-bond donors (Lipinski definition) is 0. The SMILES string of the molecule is COC(=O)c1c2ccc(C=O)cc2n2ccccc12. The smallest absolute Gasteiger partial charge is 0.340 e. The van der Waals surface area contributed by atoms with Gasteiger partial charge in [-0.2, -0.15) is 0 Å². The molecule has 0 spiro atoms. The molecule has 94 valence electrons. The maximum Gasteiger partial charge on any atom is 0.340 e. The molecule has 4 nitrogen and oxygen atoms in total. The number of aldehydes is 1. The summed E-state index contributed by atoms with van der Waals surface area (Å²) in [5.41, 5.74) is 2.69. The van der Waals surface area contributed by atoms with Crippen LogP contribution in [0.25, 0.3) is 16.4 Å². The number of carbonyl (C=O) groups excluding carboxylic acids is 2. The van der Waals surface area contributed by atoms with Crippen LogP contribution in [0.15, 0.2) is 42.6 Å². The van der Waals surface area contributed by atoms with E-state index in [0.29, 0.717) is 11.1 Å². The van der Waals surface area contributed by atoms with E-state index in [2.05, 4.69) is 0 Å². The zero-order valence-corrected chi connectivity index (χ0v) is 10.3. The molecule has 0 bridgehead atoms. The maximum atomic E-state index is 12.0. The lowest BCUT2D eigenvalue weighted by Crippen LogP contribution is -2.00. The molecule has 0 aliphatic carbocycles. The average Bonchev–Trinajstić information content (AvgIpc) is 2.80. The van der Waals surface area contributed by atoms with Crippen molar-refractivity contribution in [3.05, 3.63) is 53.7 Å². The molecule has 0 N–H and O–H groups in total. The highest BCUT2D eigenvalue weighted by Crippen LogP contribution is 2.27. The average molecular weight is 253 g/mol. The summed E-state index contributed by atoms with van der Waals surface area (Å²) >= 11 is 0. The summed E-state index contributed by atoms with van der Waals surface area (Å²) in [4.78, 5) is 22.8. The number of hydrogen-bond acceptors (Lipinski definition) is 3. The fourth-order valence-corrected chi connectivity index (χ4v) is 2.34. The first kappa shape index (κ1) is 11.5. The number of benzene rings is 1. The van der Waals surface area contributed by atoms with Gasteiger partial charge in [0.15, 0.2) is 0 Å². The predicted molar refractivity (Wildman–Crippen MR) is 71.6 cm³/mol.